The fourth-order valence-corrected chi connectivity index (χ4v) is 3.69. The standard InChI is InChI=1S/C18H28ClN5O5/c1-2-3-4-5-6-7-12(25)28-8-11-13(26)14(27)17(29-11)24-10-22-15-16(24)21-9-23-18(15,19)20/h9,11,13-14,17,26-27H,2-8,10,20H2,1H3/t11-,13-,14-,17-,18?/m1/s1. The first-order valence-electron chi connectivity index (χ1n) is 9.93. The summed E-state index contributed by atoms with van der Waals surface area (Å²) in [7, 11) is 0. The summed E-state index contributed by atoms with van der Waals surface area (Å²) in [6.45, 7) is 2.09. The minimum Gasteiger partial charge on any atom is -0.463 e. The Labute approximate surface area is 174 Å². The lowest BCUT2D eigenvalue weighted by Gasteiger charge is -2.30. The Bertz CT molecular complexity index is 698. The zero-order valence-corrected chi connectivity index (χ0v) is 17.2. The predicted molar refractivity (Wildman–Crippen MR) is 108 cm³/mol. The minimum absolute atomic E-state index is 0.0991. The third-order valence-electron chi connectivity index (χ3n) is 5.16. The number of nitrogens with zero attached hydrogens (tertiary/aromatic N) is 4. The second-order valence-corrected chi connectivity index (χ2v) is 7.96. The van der Waals surface area contributed by atoms with Crippen LogP contribution in [0.2, 0.25) is 0 Å². The van der Waals surface area contributed by atoms with Crippen molar-refractivity contribution in [2.75, 3.05) is 13.3 Å². The van der Waals surface area contributed by atoms with E-state index in [1.54, 1.807) is 4.90 Å². The van der Waals surface area contributed by atoms with Gasteiger partial charge >= 0.3 is 5.97 Å². The Morgan fingerprint density at radius 3 is 2.90 bits per heavy atom. The van der Waals surface area contributed by atoms with Crippen LogP contribution in [0.4, 0.5) is 0 Å². The number of halogens is 1. The maximum atomic E-state index is 11.9. The summed E-state index contributed by atoms with van der Waals surface area (Å²) in [6.07, 6.45) is 2.44. The maximum Gasteiger partial charge on any atom is 0.305 e. The van der Waals surface area contributed by atoms with Gasteiger partial charge < -0.3 is 24.6 Å². The molecule has 0 aliphatic carbocycles. The first-order valence-corrected chi connectivity index (χ1v) is 10.3. The summed E-state index contributed by atoms with van der Waals surface area (Å²) in [6, 6.07) is 0. The zero-order valence-electron chi connectivity index (χ0n) is 16.4. The molecule has 10 nitrogen and oxygen atoms in total. The van der Waals surface area contributed by atoms with Gasteiger partial charge in [-0.2, -0.15) is 0 Å². The van der Waals surface area contributed by atoms with E-state index < -0.39 is 29.7 Å². The second-order valence-electron chi connectivity index (χ2n) is 7.38. The van der Waals surface area contributed by atoms with Crippen molar-refractivity contribution in [3.05, 3.63) is 0 Å². The number of hydrogen-bond donors (Lipinski definition) is 3. The van der Waals surface area contributed by atoms with E-state index in [0.29, 0.717) is 12.3 Å². The summed E-state index contributed by atoms with van der Waals surface area (Å²) in [4.78, 5) is 25.7. The smallest absolute Gasteiger partial charge is 0.305 e. The largest absolute Gasteiger partial charge is 0.463 e. The third kappa shape index (κ3) is 4.95. The highest BCUT2D eigenvalue weighted by Crippen LogP contribution is 2.30. The SMILES string of the molecule is CCCCCCCC(=O)OC[C@H]1O[C@@H](N2CN=C3C2=NC=NC3(N)Cl)[C@H](O)[C@@H]1O. The Kier molecular flexibility index (Phi) is 7.23. The molecule has 0 aromatic heterocycles. The summed E-state index contributed by atoms with van der Waals surface area (Å²) in [5.74, 6) is -0.0107. The molecule has 0 aromatic rings. The van der Waals surface area contributed by atoms with Crippen LogP contribution in [0.15, 0.2) is 15.0 Å². The molecule has 162 valence electrons. The van der Waals surface area contributed by atoms with Crippen LogP contribution in [0.1, 0.15) is 45.4 Å². The van der Waals surface area contributed by atoms with Gasteiger partial charge in [0, 0.05) is 6.42 Å². The number of unbranched alkanes of at least 4 members (excludes halogenated alkanes) is 4. The Hall–Kier alpha value is -1.59. The van der Waals surface area contributed by atoms with Gasteiger partial charge in [0.25, 0.3) is 0 Å². The fourth-order valence-electron chi connectivity index (χ4n) is 3.50. The average molecular weight is 430 g/mol. The molecule has 0 saturated carbocycles. The van der Waals surface area contributed by atoms with Crippen LogP contribution in [0.3, 0.4) is 0 Å². The van der Waals surface area contributed by atoms with Crippen LogP contribution in [0.5, 0.6) is 0 Å². The summed E-state index contributed by atoms with van der Waals surface area (Å²) in [5, 5.41) is 19.2. The molecule has 4 N–H and O–H groups in total. The molecule has 3 rings (SSSR count). The molecule has 1 unspecified atom stereocenters. The van der Waals surface area contributed by atoms with E-state index in [1.807, 2.05) is 0 Å². The summed E-state index contributed by atoms with van der Waals surface area (Å²) in [5.41, 5.74) is 6.15. The van der Waals surface area contributed by atoms with E-state index in [9.17, 15) is 15.0 Å². The van der Waals surface area contributed by atoms with E-state index in [4.69, 9.17) is 26.8 Å². The molecule has 3 aliphatic rings. The van der Waals surface area contributed by atoms with Crippen LogP contribution in [-0.2, 0) is 14.3 Å². The molecule has 1 fully saturated rings. The maximum absolute atomic E-state index is 11.9. The van der Waals surface area contributed by atoms with Gasteiger partial charge in [-0.05, 0) is 6.42 Å². The van der Waals surface area contributed by atoms with Crippen LogP contribution < -0.4 is 5.73 Å². The van der Waals surface area contributed by atoms with Crippen LogP contribution in [-0.4, -0.2) is 81.9 Å². The van der Waals surface area contributed by atoms with Gasteiger partial charge in [-0.3, -0.25) is 15.5 Å². The second kappa shape index (κ2) is 9.48. The Balaban J connectivity index is 1.50. The van der Waals surface area contributed by atoms with Gasteiger partial charge in [-0.1, -0.05) is 44.2 Å². The number of rotatable bonds is 9. The molecule has 0 bridgehead atoms. The number of alkyl halides is 1. The highest BCUT2D eigenvalue weighted by Gasteiger charge is 2.50. The molecule has 0 amide bonds. The zero-order chi connectivity index (χ0) is 21.0. The number of carbonyl (C=O) groups is 1. The number of aliphatic imine (C=N–C) groups is 3. The van der Waals surface area contributed by atoms with Crippen molar-refractivity contribution < 1.29 is 24.5 Å². The van der Waals surface area contributed by atoms with Crippen molar-refractivity contribution in [3.8, 4) is 0 Å². The van der Waals surface area contributed by atoms with E-state index in [1.165, 1.54) is 6.34 Å². The van der Waals surface area contributed by atoms with Gasteiger partial charge in [0.15, 0.2) is 12.1 Å². The number of fused-ring (bicyclic) bond motifs is 1. The van der Waals surface area contributed by atoms with E-state index in [0.717, 1.165) is 32.1 Å². The third-order valence-corrected chi connectivity index (χ3v) is 5.44. The van der Waals surface area contributed by atoms with Crippen molar-refractivity contribution >= 4 is 35.5 Å². The topological polar surface area (TPSA) is 142 Å². The number of ether oxygens (including phenoxy) is 2. The molecule has 0 aromatic carbocycles. The van der Waals surface area contributed by atoms with Crippen LogP contribution in [0, 0.1) is 0 Å². The monoisotopic (exact) mass is 429 g/mol. The Morgan fingerprint density at radius 1 is 1.38 bits per heavy atom. The number of aliphatic hydroxyl groups is 2. The van der Waals surface area contributed by atoms with Crippen molar-refractivity contribution in [1.29, 1.82) is 0 Å². The van der Waals surface area contributed by atoms with Gasteiger partial charge in [-0.15, -0.1) is 0 Å². The number of nitrogens with two attached hydrogens (primary N) is 1. The molecule has 5 atom stereocenters. The lowest BCUT2D eigenvalue weighted by molar-refractivity contribution is -0.150. The lowest BCUT2D eigenvalue weighted by atomic mass is 10.1. The molecular formula is C18H28ClN5O5. The average Bonchev–Trinajstić information content (AvgIpc) is 3.23. The van der Waals surface area contributed by atoms with Crippen molar-refractivity contribution in [1.82, 2.24) is 4.90 Å². The fraction of sp³-hybridized carbons (Fsp3) is 0.778. The number of hydrogen-bond acceptors (Lipinski definition) is 10. The molecule has 3 heterocycles. The Morgan fingerprint density at radius 2 is 2.14 bits per heavy atom. The van der Waals surface area contributed by atoms with Gasteiger partial charge in [0.2, 0.25) is 5.12 Å². The number of aliphatic hydroxyl groups excluding tert-OH is 2. The van der Waals surface area contributed by atoms with Gasteiger partial charge in [0.1, 0.15) is 43.6 Å². The molecule has 0 spiro atoms. The van der Waals surface area contributed by atoms with E-state index in [-0.39, 0.29) is 25.0 Å². The molecule has 3 aliphatic heterocycles. The van der Waals surface area contributed by atoms with Gasteiger partial charge in [0.05, 0.1) is 0 Å². The highest BCUT2D eigenvalue weighted by molar-refractivity contribution is 6.56. The first-order chi connectivity index (χ1) is 13.8. The molecular weight excluding hydrogens is 402 g/mol. The molecule has 11 heteroatoms. The number of carbonyl (C=O) groups excluding carboxylic acids is 1. The summed E-state index contributed by atoms with van der Waals surface area (Å²) >= 11 is 6.12. The van der Waals surface area contributed by atoms with Crippen LogP contribution >= 0.6 is 11.6 Å². The van der Waals surface area contributed by atoms with E-state index >= 15 is 0 Å². The summed E-state index contributed by atoms with van der Waals surface area (Å²) < 4.78 is 11.0. The molecule has 0 radical (unpaired) electrons. The van der Waals surface area contributed by atoms with Crippen molar-refractivity contribution in [2.45, 2.75) is 75.1 Å². The first kappa shape index (κ1) is 22.1. The highest BCUT2D eigenvalue weighted by atomic mass is 35.5. The number of esters is 1. The molecule has 29 heavy (non-hydrogen) atoms. The quantitative estimate of drug-likeness (QED) is 0.207. The normalized spacial score (nSPS) is 33.5. The van der Waals surface area contributed by atoms with Gasteiger partial charge in [-0.25, -0.2) is 9.98 Å². The van der Waals surface area contributed by atoms with E-state index in [2.05, 4.69) is 21.9 Å². The van der Waals surface area contributed by atoms with Crippen molar-refractivity contribution in [2.24, 2.45) is 20.7 Å². The molecule has 1 saturated heterocycles. The predicted octanol–water partition coefficient (Wildman–Crippen LogP) is 0.343. The van der Waals surface area contributed by atoms with Crippen LogP contribution in [0.25, 0.3) is 0 Å². The minimum atomic E-state index is -1.53. The van der Waals surface area contributed by atoms with Crippen molar-refractivity contribution in [3.63, 3.8) is 0 Å². The number of amidine groups is 1. The lowest BCUT2D eigenvalue weighted by Crippen LogP contribution is -2.52.